The molecule has 2 aromatic carbocycles. The Morgan fingerprint density at radius 2 is 1.70 bits per heavy atom. The zero-order valence-corrected chi connectivity index (χ0v) is 11.9. The molecule has 3 heteroatoms. The first-order valence-corrected chi connectivity index (χ1v) is 6.77. The summed E-state index contributed by atoms with van der Waals surface area (Å²) in [6.07, 6.45) is 0.611. The molecule has 0 aliphatic carbocycles. The van der Waals surface area contributed by atoms with E-state index in [0.29, 0.717) is 19.4 Å². The van der Waals surface area contributed by atoms with Gasteiger partial charge in [0.05, 0.1) is 0 Å². The van der Waals surface area contributed by atoms with E-state index in [4.69, 9.17) is 0 Å². The van der Waals surface area contributed by atoms with E-state index in [2.05, 4.69) is 24.3 Å². The highest BCUT2D eigenvalue weighted by molar-refractivity contribution is 5.84. The molecule has 104 valence electrons. The molecule has 0 spiro atoms. The van der Waals surface area contributed by atoms with Gasteiger partial charge in [0.1, 0.15) is 5.78 Å². The van der Waals surface area contributed by atoms with Crippen molar-refractivity contribution in [2.75, 3.05) is 7.05 Å². The van der Waals surface area contributed by atoms with Gasteiger partial charge >= 0.3 is 0 Å². The molecule has 0 bridgehead atoms. The first-order chi connectivity index (χ1) is 9.56. The van der Waals surface area contributed by atoms with Crippen LogP contribution >= 0.6 is 0 Å². The molecule has 0 saturated carbocycles. The third-order valence-corrected chi connectivity index (χ3v) is 3.35. The van der Waals surface area contributed by atoms with Crippen LogP contribution in [0.1, 0.15) is 25.3 Å². The molecule has 0 heterocycles. The zero-order valence-electron chi connectivity index (χ0n) is 11.9. The van der Waals surface area contributed by atoms with Crippen LogP contribution in [-0.2, 0) is 16.1 Å². The predicted octanol–water partition coefficient (Wildman–Crippen LogP) is 3.17. The van der Waals surface area contributed by atoms with Crippen LogP contribution in [0, 0.1) is 0 Å². The van der Waals surface area contributed by atoms with Gasteiger partial charge in [-0.3, -0.25) is 4.79 Å². The van der Waals surface area contributed by atoms with Gasteiger partial charge in [0.2, 0.25) is 5.91 Å². The maximum atomic E-state index is 11.9. The fourth-order valence-corrected chi connectivity index (χ4v) is 2.17. The molecule has 0 fully saturated rings. The number of ketones is 1. The molecule has 2 rings (SSSR count). The van der Waals surface area contributed by atoms with Gasteiger partial charge < -0.3 is 9.69 Å². The third-order valence-electron chi connectivity index (χ3n) is 3.35. The van der Waals surface area contributed by atoms with E-state index in [1.54, 1.807) is 11.9 Å². The lowest BCUT2D eigenvalue weighted by molar-refractivity contribution is -0.132. The van der Waals surface area contributed by atoms with Crippen LogP contribution in [0.5, 0.6) is 0 Å². The summed E-state index contributed by atoms with van der Waals surface area (Å²) in [6, 6.07) is 14.4. The van der Waals surface area contributed by atoms with E-state index >= 15 is 0 Å². The van der Waals surface area contributed by atoms with Gasteiger partial charge in [-0.1, -0.05) is 36.4 Å². The van der Waals surface area contributed by atoms with Crippen LogP contribution in [0.25, 0.3) is 10.8 Å². The summed E-state index contributed by atoms with van der Waals surface area (Å²) >= 11 is 0. The number of benzene rings is 2. The number of fused-ring (bicyclic) bond motifs is 1. The minimum Gasteiger partial charge on any atom is -0.341 e. The molecule has 0 N–H and O–H groups in total. The van der Waals surface area contributed by atoms with E-state index in [1.807, 2.05) is 18.2 Å². The number of hydrogen-bond donors (Lipinski definition) is 0. The molecular formula is C17H19NO2. The largest absolute Gasteiger partial charge is 0.341 e. The van der Waals surface area contributed by atoms with Gasteiger partial charge in [0.25, 0.3) is 0 Å². The smallest absolute Gasteiger partial charge is 0.223 e. The Labute approximate surface area is 119 Å². The van der Waals surface area contributed by atoms with Gasteiger partial charge in [-0.15, -0.1) is 0 Å². The molecule has 1 amide bonds. The highest BCUT2D eigenvalue weighted by atomic mass is 16.2. The van der Waals surface area contributed by atoms with Crippen molar-refractivity contribution in [1.82, 2.24) is 4.90 Å². The Morgan fingerprint density at radius 3 is 2.40 bits per heavy atom. The molecule has 20 heavy (non-hydrogen) atoms. The first-order valence-electron chi connectivity index (χ1n) is 6.77. The van der Waals surface area contributed by atoms with Crippen molar-refractivity contribution < 1.29 is 9.59 Å². The lowest BCUT2D eigenvalue weighted by atomic mass is 10.1. The summed E-state index contributed by atoms with van der Waals surface area (Å²) < 4.78 is 0. The number of hydrogen-bond acceptors (Lipinski definition) is 2. The Balaban J connectivity index is 2.03. The van der Waals surface area contributed by atoms with Gasteiger partial charge in [-0.2, -0.15) is 0 Å². The van der Waals surface area contributed by atoms with Crippen LogP contribution in [0.3, 0.4) is 0 Å². The molecule has 0 atom stereocenters. The summed E-state index contributed by atoms with van der Waals surface area (Å²) in [5, 5.41) is 2.37. The average molecular weight is 269 g/mol. The Bertz CT molecular complexity index is 634. The van der Waals surface area contributed by atoms with Crippen molar-refractivity contribution >= 4 is 22.5 Å². The molecule has 0 saturated heterocycles. The lowest BCUT2D eigenvalue weighted by Crippen LogP contribution is -2.26. The maximum Gasteiger partial charge on any atom is 0.223 e. The Hall–Kier alpha value is -2.16. The van der Waals surface area contributed by atoms with Crippen molar-refractivity contribution in [3.63, 3.8) is 0 Å². The first kappa shape index (κ1) is 14.3. The summed E-state index contributed by atoms with van der Waals surface area (Å²) in [6.45, 7) is 2.08. The molecule has 3 nitrogen and oxygen atoms in total. The Kier molecular flexibility index (Phi) is 4.51. The summed E-state index contributed by atoms with van der Waals surface area (Å²) in [5.74, 6) is 0.0609. The highest BCUT2D eigenvalue weighted by Crippen LogP contribution is 2.16. The molecule has 0 aromatic heterocycles. The Morgan fingerprint density at radius 1 is 1.00 bits per heavy atom. The molecule has 0 aliphatic heterocycles. The molecule has 2 aromatic rings. The van der Waals surface area contributed by atoms with E-state index in [0.717, 1.165) is 5.56 Å². The lowest BCUT2D eigenvalue weighted by Gasteiger charge is -2.17. The molecular weight excluding hydrogens is 250 g/mol. The van der Waals surface area contributed by atoms with Crippen LogP contribution in [-0.4, -0.2) is 23.6 Å². The second kappa shape index (κ2) is 6.33. The van der Waals surface area contributed by atoms with Gasteiger partial charge in [-0.05, 0) is 29.3 Å². The van der Waals surface area contributed by atoms with Gasteiger partial charge in [0, 0.05) is 26.4 Å². The van der Waals surface area contributed by atoms with Crippen LogP contribution in [0.4, 0.5) is 0 Å². The molecule has 0 unspecified atom stereocenters. The summed E-state index contributed by atoms with van der Waals surface area (Å²) in [4.78, 5) is 24.5. The van der Waals surface area contributed by atoms with Crippen molar-refractivity contribution in [2.24, 2.45) is 0 Å². The zero-order chi connectivity index (χ0) is 14.5. The van der Waals surface area contributed by atoms with Crippen LogP contribution in [0.2, 0.25) is 0 Å². The van der Waals surface area contributed by atoms with E-state index in [9.17, 15) is 9.59 Å². The van der Waals surface area contributed by atoms with Crippen molar-refractivity contribution in [1.29, 1.82) is 0 Å². The van der Waals surface area contributed by atoms with E-state index in [1.165, 1.54) is 17.7 Å². The number of amides is 1. The van der Waals surface area contributed by atoms with Gasteiger partial charge in [-0.25, -0.2) is 0 Å². The number of carbonyl (C=O) groups excluding carboxylic acids is 2. The monoisotopic (exact) mass is 269 g/mol. The van der Waals surface area contributed by atoms with Gasteiger partial charge in [0.15, 0.2) is 0 Å². The van der Waals surface area contributed by atoms with Crippen molar-refractivity contribution in [3.05, 3.63) is 48.0 Å². The number of rotatable bonds is 5. The topological polar surface area (TPSA) is 37.4 Å². The number of carbonyl (C=O) groups is 2. The fraction of sp³-hybridized carbons (Fsp3) is 0.294. The normalized spacial score (nSPS) is 10.5. The van der Waals surface area contributed by atoms with E-state index < -0.39 is 0 Å². The highest BCUT2D eigenvalue weighted by Gasteiger charge is 2.10. The molecule has 0 radical (unpaired) electrons. The standard InChI is InChI=1S/C17H19NO2/c1-13(19)7-10-17(20)18(2)12-14-8-9-15-5-3-4-6-16(15)11-14/h3-6,8-9,11H,7,10,12H2,1-2H3. The second-order valence-electron chi connectivity index (χ2n) is 5.13. The maximum absolute atomic E-state index is 11.9. The second-order valence-corrected chi connectivity index (χ2v) is 5.13. The van der Waals surface area contributed by atoms with Crippen molar-refractivity contribution in [2.45, 2.75) is 26.3 Å². The third kappa shape index (κ3) is 3.67. The predicted molar refractivity (Wildman–Crippen MR) is 80.3 cm³/mol. The minimum atomic E-state index is 0.00774. The van der Waals surface area contributed by atoms with Crippen LogP contribution in [0.15, 0.2) is 42.5 Å². The van der Waals surface area contributed by atoms with Crippen molar-refractivity contribution in [3.8, 4) is 0 Å². The number of nitrogens with zero attached hydrogens (tertiary/aromatic N) is 1. The molecule has 0 aliphatic rings. The average Bonchev–Trinajstić information content (AvgIpc) is 2.44. The summed E-state index contributed by atoms with van der Waals surface area (Å²) in [7, 11) is 1.78. The minimum absolute atomic E-state index is 0.00774. The number of Topliss-reactive ketones (excluding diaryl/α,β-unsaturated/α-hetero) is 1. The van der Waals surface area contributed by atoms with E-state index in [-0.39, 0.29) is 11.7 Å². The van der Waals surface area contributed by atoms with Crippen LogP contribution < -0.4 is 0 Å². The SMILES string of the molecule is CC(=O)CCC(=O)N(C)Cc1ccc2ccccc2c1. The quantitative estimate of drug-likeness (QED) is 0.836. The summed E-state index contributed by atoms with van der Waals surface area (Å²) in [5.41, 5.74) is 1.10. The fourth-order valence-electron chi connectivity index (χ4n) is 2.17.